The average molecular weight is 384 g/mol. The average Bonchev–Trinajstić information content (AvgIpc) is 2.71. The maximum Gasteiger partial charge on any atom is 0.262 e. The molecule has 28 heavy (non-hydrogen) atoms. The molecule has 0 aliphatic carbocycles. The van der Waals surface area contributed by atoms with Crippen LogP contribution in [0.3, 0.4) is 0 Å². The summed E-state index contributed by atoms with van der Waals surface area (Å²) in [6.45, 7) is 3.94. The molecular weight excluding hydrogens is 363 g/mol. The van der Waals surface area contributed by atoms with Crippen LogP contribution in [0, 0.1) is 5.82 Å². The third-order valence-corrected chi connectivity index (χ3v) is 3.57. The molecular formula is C21H21FN2O4. The summed E-state index contributed by atoms with van der Waals surface area (Å²) < 4.78 is 23.6. The van der Waals surface area contributed by atoms with Gasteiger partial charge >= 0.3 is 0 Å². The van der Waals surface area contributed by atoms with Crippen molar-refractivity contribution in [3.8, 4) is 11.5 Å². The first-order chi connectivity index (χ1) is 13.5. The van der Waals surface area contributed by atoms with Gasteiger partial charge in [-0.3, -0.25) is 20.4 Å². The van der Waals surface area contributed by atoms with Gasteiger partial charge in [-0.25, -0.2) is 4.39 Å². The number of ether oxygens (including phenoxy) is 2. The van der Waals surface area contributed by atoms with Crippen molar-refractivity contribution in [2.24, 2.45) is 0 Å². The van der Waals surface area contributed by atoms with Crippen LogP contribution in [0.15, 0.2) is 61.2 Å². The van der Waals surface area contributed by atoms with Crippen LogP contribution in [0.2, 0.25) is 0 Å². The Balaban J connectivity index is 1.86. The Morgan fingerprint density at radius 2 is 1.86 bits per heavy atom. The molecule has 0 atom stereocenters. The third kappa shape index (κ3) is 6.60. The lowest BCUT2D eigenvalue weighted by Gasteiger charge is -2.09. The van der Waals surface area contributed by atoms with Gasteiger partial charge in [0.2, 0.25) is 5.91 Å². The van der Waals surface area contributed by atoms with Crippen LogP contribution in [-0.2, 0) is 16.0 Å². The van der Waals surface area contributed by atoms with Crippen molar-refractivity contribution in [1.82, 2.24) is 10.9 Å². The van der Waals surface area contributed by atoms with Gasteiger partial charge in [0.15, 0.2) is 11.5 Å². The van der Waals surface area contributed by atoms with Gasteiger partial charge in [-0.15, -0.1) is 0 Å². The molecule has 0 fully saturated rings. The van der Waals surface area contributed by atoms with E-state index in [2.05, 4.69) is 17.4 Å². The molecule has 0 saturated carbocycles. The minimum Gasteiger partial charge on any atom is -0.493 e. The Hall–Kier alpha value is -3.61. The Kier molecular flexibility index (Phi) is 7.77. The van der Waals surface area contributed by atoms with Gasteiger partial charge in [0.25, 0.3) is 5.91 Å². The summed E-state index contributed by atoms with van der Waals surface area (Å²) in [6, 6.07) is 10.8. The molecule has 0 unspecified atom stereocenters. The normalized spacial score (nSPS) is 10.4. The number of rotatable bonds is 8. The van der Waals surface area contributed by atoms with Crippen molar-refractivity contribution in [3.05, 3.63) is 78.1 Å². The number of carbonyl (C=O) groups is 2. The SMILES string of the molecule is C=CCOc1ccc(/C=C/C(=O)NNC(=O)Cc2ccc(F)cc2)cc1OC. The zero-order valence-electron chi connectivity index (χ0n) is 15.4. The molecule has 0 aliphatic rings. The lowest BCUT2D eigenvalue weighted by atomic mass is 10.1. The zero-order chi connectivity index (χ0) is 20.4. The molecule has 2 aromatic rings. The number of hydrogen-bond acceptors (Lipinski definition) is 4. The lowest BCUT2D eigenvalue weighted by molar-refractivity contribution is -0.126. The second kappa shape index (κ2) is 10.5. The lowest BCUT2D eigenvalue weighted by Crippen LogP contribution is -2.41. The highest BCUT2D eigenvalue weighted by atomic mass is 19.1. The number of hydrogen-bond donors (Lipinski definition) is 2. The van der Waals surface area contributed by atoms with Gasteiger partial charge in [-0.1, -0.05) is 30.9 Å². The molecule has 0 aromatic heterocycles. The predicted octanol–water partition coefficient (Wildman–Crippen LogP) is 2.80. The van der Waals surface area contributed by atoms with Crippen LogP contribution < -0.4 is 20.3 Å². The summed E-state index contributed by atoms with van der Waals surface area (Å²) in [5, 5.41) is 0. The Bertz CT molecular complexity index is 863. The Morgan fingerprint density at radius 1 is 1.11 bits per heavy atom. The fraction of sp³-hybridized carbons (Fsp3) is 0.143. The number of nitrogens with one attached hydrogen (secondary N) is 2. The number of carbonyl (C=O) groups excluding carboxylic acids is 2. The highest BCUT2D eigenvalue weighted by Crippen LogP contribution is 2.28. The second-order valence-corrected chi connectivity index (χ2v) is 5.68. The van der Waals surface area contributed by atoms with Crippen LogP contribution in [0.1, 0.15) is 11.1 Å². The number of methoxy groups -OCH3 is 1. The molecule has 0 aliphatic heterocycles. The minimum atomic E-state index is -0.501. The van der Waals surface area contributed by atoms with E-state index in [9.17, 15) is 14.0 Å². The van der Waals surface area contributed by atoms with Gasteiger partial charge in [-0.2, -0.15) is 0 Å². The van der Waals surface area contributed by atoms with Crippen molar-refractivity contribution in [3.63, 3.8) is 0 Å². The van der Waals surface area contributed by atoms with E-state index in [0.717, 1.165) is 5.56 Å². The predicted molar refractivity (Wildman–Crippen MR) is 104 cm³/mol. The molecule has 2 aromatic carbocycles. The standard InChI is InChI=1S/C21H21FN2O4/c1-3-12-28-18-10-6-15(13-19(18)27-2)7-11-20(25)23-24-21(26)14-16-4-8-17(22)9-5-16/h3-11,13H,1,12,14H2,2H3,(H,23,25)(H,24,26)/b11-7+. The Morgan fingerprint density at radius 3 is 2.54 bits per heavy atom. The van der Waals surface area contributed by atoms with Crippen molar-refractivity contribution < 1.29 is 23.5 Å². The molecule has 146 valence electrons. The van der Waals surface area contributed by atoms with Crippen molar-refractivity contribution in [2.45, 2.75) is 6.42 Å². The number of amides is 2. The van der Waals surface area contributed by atoms with Crippen molar-refractivity contribution >= 4 is 17.9 Å². The molecule has 7 heteroatoms. The molecule has 0 saturated heterocycles. The minimum absolute atomic E-state index is 0.0215. The Labute approximate surface area is 162 Å². The van der Waals surface area contributed by atoms with E-state index in [1.165, 1.54) is 37.5 Å². The van der Waals surface area contributed by atoms with Crippen LogP contribution >= 0.6 is 0 Å². The maximum atomic E-state index is 12.8. The quantitative estimate of drug-likeness (QED) is 0.417. The third-order valence-electron chi connectivity index (χ3n) is 3.57. The van der Waals surface area contributed by atoms with Gasteiger partial charge in [-0.05, 0) is 41.5 Å². The monoisotopic (exact) mass is 384 g/mol. The van der Waals surface area contributed by atoms with E-state index in [0.29, 0.717) is 23.7 Å². The highest BCUT2D eigenvalue weighted by molar-refractivity contribution is 5.93. The smallest absolute Gasteiger partial charge is 0.262 e. The molecule has 0 bridgehead atoms. The number of benzene rings is 2. The number of hydrazine groups is 1. The van der Waals surface area contributed by atoms with Gasteiger partial charge in [0.05, 0.1) is 13.5 Å². The first-order valence-corrected chi connectivity index (χ1v) is 8.45. The van der Waals surface area contributed by atoms with Crippen LogP contribution in [-0.4, -0.2) is 25.5 Å². The van der Waals surface area contributed by atoms with Crippen molar-refractivity contribution in [2.75, 3.05) is 13.7 Å². The fourth-order valence-corrected chi connectivity index (χ4v) is 2.23. The molecule has 0 radical (unpaired) electrons. The summed E-state index contributed by atoms with van der Waals surface area (Å²) in [4.78, 5) is 23.7. The van der Waals surface area contributed by atoms with Gasteiger partial charge < -0.3 is 9.47 Å². The molecule has 6 nitrogen and oxygen atoms in total. The number of halogens is 1. The molecule has 0 heterocycles. The summed E-state index contributed by atoms with van der Waals surface area (Å²) in [5.74, 6) is -0.203. The summed E-state index contributed by atoms with van der Waals surface area (Å²) in [6.07, 6.45) is 4.49. The fourth-order valence-electron chi connectivity index (χ4n) is 2.23. The van der Waals surface area contributed by atoms with E-state index in [4.69, 9.17) is 9.47 Å². The molecule has 2 amide bonds. The molecule has 2 rings (SSSR count). The van der Waals surface area contributed by atoms with Crippen LogP contribution in [0.25, 0.3) is 6.08 Å². The van der Waals surface area contributed by atoms with E-state index in [-0.39, 0.29) is 12.2 Å². The summed E-state index contributed by atoms with van der Waals surface area (Å²) in [7, 11) is 1.52. The van der Waals surface area contributed by atoms with E-state index in [1.807, 2.05) is 0 Å². The molecule has 2 N–H and O–H groups in total. The first kappa shape index (κ1) is 20.7. The maximum absolute atomic E-state index is 12.8. The largest absolute Gasteiger partial charge is 0.493 e. The summed E-state index contributed by atoms with van der Waals surface area (Å²) in [5.41, 5.74) is 5.94. The first-order valence-electron chi connectivity index (χ1n) is 8.45. The van der Waals surface area contributed by atoms with Crippen LogP contribution in [0.4, 0.5) is 4.39 Å². The topological polar surface area (TPSA) is 76.7 Å². The zero-order valence-corrected chi connectivity index (χ0v) is 15.4. The van der Waals surface area contributed by atoms with Crippen molar-refractivity contribution in [1.29, 1.82) is 0 Å². The van der Waals surface area contributed by atoms with Gasteiger partial charge in [0.1, 0.15) is 12.4 Å². The van der Waals surface area contributed by atoms with E-state index < -0.39 is 11.8 Å². The highest BCUT2D eigenvalue weighted by Gasteiger charge is 2.06. The van der Waals surface area contributed by atoms with Crippen LogP contribution in [0.5, 0.6) is 11.5 Å². The summed E-state index contributed by atoms with van der Waals surface area (Å²) >= 11 is 0. The van der Waals surface area contributed by atoms with Gasteiger partial charge in [0, 0.05) is 6.08 Å². The second-order valence-electron chi connectivity index (χ2n) is 5.68. The van der Waals surface area contributed by atoms with E-state index >= 15 is 0 Å². The van der Waals surface area contributed by atoms with E-state index in [1.54, 1.807) is 30.4 Å². The molecule has 0 spiro atoms.